The summed E-state index contributed by atoms with van der Waals surface area (Å²) in [5, 5.41) is 3.57. The van der Waals surface area contributed by atoms with Crippen molar-refractivity contribution in [3.8, 4) is 0 Å². The third kappa shape index (κ3) is 3.92. The molecule has 0 fully saturated rings. The van der Waals surface area contributed by atoms with Crippen molar-refractivity contribution in [2.45, 2.75) is 45.4 Å². The fraction of sp³-hybridized carbons (Fsp3) is 0.500. The molecule has 1 aromatic heterocycles. The van der Waals surface area contributed by atoms with Gasteiger partial charge in [-0.15, -0.1) is 11.3 Å². The molecule has 114 valence electrons. The SMILES string of the molecule is CCNCC(CC)(CCc1scnc1C)c1ccccc1. The van der Waals surface area contributed by atoms with Crippen molar-refractivity contribution < 1.29 is 0 Å². The fourth-order valence-electron chi connectivity index (χ4n) is 2.92. The van der Waals surface area contributed by atoms with Gasteiger partial charge in [0.1, 0.15) is 0 Å². The Morgan fingerprint density at radius 3 is 2.52 bits per heavy atom. The van der Waals surface area contributed by atoms with Crippen LogP contribution in [-0.4, -0.2) is 18.1 Å². The maximum Gasteiger partial charge on any atom is 0.0797 e. The van der Waals surface area contributed by atoms with Crippen molar-refractivity contribution in [2.24, 2.45) is 0 Å². The average molecular weight is 302 g/mol. The van der Waals surface area contributed by atoms with E-state index >= 15 is 0 Å². The van der Waals surface area contributed by atoms with Crippen molar-refractivity contribution in [1.82, 2.24) is 10.3 Å². The fourth-order valence-corrected chi connectivity index (χ4v) is 3.70. The summed E-state index contributed by atoms with van der Waals surface area (Å²) in [4.78, 5) is 5.81. The highest BCUT2D eigenvalue weighted by Gasteiger charge is 2.29. The highest BCUT2D eigenvalue weighted by atomic mass is 32.1. The van der Waals surface area contributed by atoms with Crippen LogP contribution in [-0.2, 0) is 11.8 Å². The minimum absolute atomic E-state index is 0.216. The van der Waals surface area contributed by atoms with Crippen molar-refractivity contribution in [2.75, 3.05) is 13.1 Å². The van der Waals surface area contributed by atoms with Crippen LogP contribution in [0.15, 0.2) is 35.8 Å². The first-order valence-electron chi connectivity index (χ1n) is 7.87. The molecule has 2 nitrogen and oxygen atoms in total. The topological polar surface area (TPSA) is 24.9 Å². The molecule has 3 heteroatoms. The lowest BCUT2D eigenvalue weighted by atomic mass is 9.74. The summed E-state index contributed by atoms with van der Waals surface area (Å²) in [6.07, 6.45) is 3.44. The van der Waals surface area contributed by atoms with Crippen molar-refractivity contribution >= 4 is 11.3 Å². The molecule has 0 amide bonds. The molecule has 2 aromatic rings. The average Bonchev–Trinajstić information content (AvgIpc) is 2.94. The lowest BCUT2D eigenvalue weighted by Crippen LogP contribution is -2.38. The quantitative estimate of drug-likeness (QED) is 0.784. The zero-order chi connectivity index (χ0) is 15.1. The van der Waals surface area contributed by atoms with E-state index in [-0.39, 0.29) is 5.41 Å². The summed E-state index contributed by atoms with van der Waals surface area (Å²) in [5.41, 5.74) is 4.83. The third-order valence-corrected chi connectivity index (χ3v) is 5.45. The first-order chi connectivity index (χ1) is 10.2. The standard InChI is InChI=1S/C18H26N2S/c1-4-18(13-19-5-2,16-9-7-6-8-10-16)12-11-17-15(3)20-14-21-17/h6-10,14,19H,4-5,11-13H2,1-3H3. The third-order valence-electron chi connectivity index (χ3n) is 4.45. The summed E-state index contributed by atoms with van der Waals surface area (Å²) >= 11 is 1.79. The van der Waals surface area contributed by atoms with Gasteiger partial charge in [0.25, 0.3) is 0 Å². The number of hydrogen-bond acceptors (Lipinski definition) is 3. The number of thiazole rings is 1. The summed E-state index contributed by atoms with van der Waals surface area (Å²) in [5.74, 6) is 0. The van der Waals surface area contributed by atoms with Gasteiger partial charge in [0.05, 0.1) is 11.2 Å². The molecule has 21 heavy (non-hydrogen) atoms. The molecule has 0 spiro atoms. The lowest BCUT2D eigenvalue weighted by molar-refractivity contribution is 0.358. The number of aromatic nitrogens is 1. The van der Waals surface area contributed by atoms with E-state index in [1.54, 1.807) is 11.3 Å². The summed E-state index contributed by atoms with van der Waals surface area (Å²) in [7, 11) is 0. The van der Waals surface area contributed by atoms with Crippen LogP contribution in [0.3, 0.4) is 0 Å². The van der Waals surface area contributed by atoms with Gasteiger partial charge in [-0.25, -0.2) is 4.98 Å². The van der Waals surface area contributed by atoms with E-state index in [0.717, 1.165) is 25.9 Å². The molecule has 1 N–H and O–H groups in total. The van der Waals surface area contributed by atoms with Crippen molar-refractivity contribution in [3.05, 3.63) is 52.0 Å². The van der Waals surface area contributed by atoms with Crippen molar-refractivity contribution in [1.29, 1.82) is 0 Å². The van der Waals surface area contributed by atoms with Crippen LogP contribution in [0.2, 0.25) is 0 Å². The Bertz CT molecular complexity index is 535. The second-order valence-corrected chi connectivity index (χ2v) is 6.58. The second-order valence-electron chi connectivity index (χ2n) is 5.64. The van der Waals surface area contributed by atoms with Gasteiger partial charge in [-0.2, -0.15) is 0 Å². The predicted molar refractivity (Wildman–Crippen MR) is 92.1 cm³/mol. The molecule has 0 aliphatic heterocycles. The number of benzene rings is 1. The molecule has 0 aliphatic rings. The maximum atomic E-state index is 4.38. The van der Waals surface area contributed by atoms with Gasteiger partial charge in [0.2, 0.25) is 0 Å². The Morgan fingerprint density at radius 2 is 1.95 bits per heavy atom. The molecular formula is C18H26N2S. The Labute approximate surface area is 132 Å². The first-order valence-corrected chi connectivity index (χ1v) is 8.75. The summed E-state index contributed by atoms with van der Waals surface area (Å²) in [6, 6.07) is 11.0. The molecule has 0 radical (unpaired) electrons. The van der Waals surface area contributed by atoms with E-state index in [1.807, 2.05) is 5.51 Å². The van der Waals surface area contributed by atoms with E-state index in [2.05, 4.69) is 61.4 Å². The van der Waals surface area contributed by atoms with E-state index in [0.29, 0.717) is 0 Å². The molecule has 1 unspecified atom stereocenters. The number of hydrogen-bond donors (Lipinski definition) is 1. The van der Waals surface area contributed by atoms with Crippen LogP contribution in [0.25, 0.3) is 0 Å². The normalized spacial score (nSPS) is 14.0. The minimum Gasteiger partial charge on any atom is -0.316 e. The van der Waals surface area contributed by atoms with E-state index in [9.17, 15) is 0 Å². The number of likely N-dealkylation sites (N-methyl/N-ethyl adjacent to an activating group) is 1. The van der Waals surface area contributed by atoms with Gasteiger partial charge >= 0.3 is 0 Å². The monoisotopic (exact) mass is 302 g/mol. The zero-order valence-corrected chi connectivity index (χ0v) is 14.2. The van der Waals surface area contributed by atoms with Crippen molar-refractivity contribution in [3.63, 3.8) is 0 Å². The van der Waals surface area contributed by atoms with E-state index < -0.39 is 0 Å². The molecule has 0 bridgehead atoms. The predicted octanol–water partition coefficient (Wildman–Crippen LogP) is 4.34. The first kappa shape index (κ1) is 16.2. The molecular weight excluding hydrogens is 276 g/mol. The Hall–Kier alpha value is -1.19. The van der Waals surface area contributed by atoms with Crippen LogP contribution >= 0.6 is 11.3 Å². The van der Waals surface area contributed by atoms with Crippen LogP contribution in [0.1, 0.15) is 42.8 Å². The van der Waals surface area contributed by atoms with Crippen LogP contribution in [0.4, 0.5) is 0 Å². The van der Waals surface area contributed by atoms with Gasteiger partial charge in [-0.3, -0.25) is 0 Å². The smallest absolute Gasteiger partial charge is 0.0797 e. The van der Waals surface area contributed by atoms with Crippen LogP contribution in [0.5, 0.6) is 0 Å². The van der Waals surface area contributed by atoms with Crippen LogP contribution < -0.4 is 5.32 Å². The Kier molecular flexibility index (Phi) is 5.95. The number of rotatable bonds is 8. The van der Waals surface area contributed by atoms with E-state index in [4.69, 9.17) is 0 Å². The maximum absolute atomic E-state index is 4.38. The van der Waals surface area contributed by atoms with Crippen LogP contribution in [0, 0.1) is 6.92 Å². The molecule has 0 aliphatic carbocycles. The van der Waals surface area contributed by atoms with Gasteiger partial charge in [0, 0.05) is 16.8 Å². The lowest BCUT2D eigenvalue weighted by Gasteiger charge is -2.34. The second kappa shape index (κ2) is 7.71. The highest BCUT2D eigenvalue weighted by Crippen LogP contribution is 2.33. The zero-order valence-electron chi connectivity index (χ0n) is 13.4. The molecule has 2 rings (SSSR count). The molecule has 1 aromatic carbocycles. The van der Waals surface area contributed by atoms with Gasteiger partial charge in [0.15, 0.2) is 0 Å². The van der Waals surface area contributed by atoms with Gasteiger partial charge in [-0.1, -0.05) is 44.2 Å². The molecule has 1 atom stereocenters. The molecule has 1 heterocycles. The summed E-state index contributed by atoms with van der Waals surface area (Å²) < 4.78 is 0. The number of nitrogens with one attached hydrogen (secondary N) is 1. The number of nitrogens with zero attached hydrogens (tertiary/aromatic N) is 1. The molecule has 0 saturated carbocycles. The largest absolute Gasteiger partial charge is 0.316 e. The van der Waals surface area contributed by atoms with E-state index in [1.165, 1.54) is 22.6 Å². The Balaban J connectivity index is 2.20. The highest BCUT2D eigenvalue weighted by molar-refractivity contribution is 7.09. The Morgan fingerprint density at radius 1 is 1.19 bits per heavy atom. The van der Waals surface area contributed by atoms with Gasteiger partial charge < -0.3 is 5.32 Å². The van der Waals surface area contributed by atoms with Gasteiger partial charge in [-0.05, 0) is 38.3 Å². The minimum atomic E-state index is 0.216. The molecule has 0 saturated heterocycles. The summed E-state index contributed by atoms with van der Waals surface area (Å²) in [6.45, 7) is 8.67. The number of aryl methyl sites for hydroxylation is 2.